The molecule has 0 atom stereocenters. The molecule has 66 valence electrons. The Morgan fingerprint density at radius 3 is 2.92 bits per heavy atom. The molecular weight excluding hydrogens is 206 g/mol. The highest BCUT2D eigenvalue weighted by Crippen LogP contribution is 2.16. The second kappa shape index (κ2) is 3.23. The molecule has 0 spiro atoms. The van der Waals surface area contributed by atoms with E-state index in [1.165, 1.54) is 17.4 Å². The Kier molecular flexibility index (Phi) is 2.07. The number of aromatic nitrogens is 3. The van der Waals surface area contributed by atoms with E-state index in [4.69, 9.17) is 12.2 Å². The van der Waals surface area contributed by atoms with Gasteiger partial charge in [-0.15, -0.1) is 11.3 Å². The molecule has 0 unspecified atom stereocenters. The molecule has 0 aliphatic carbocycles. The van der Waals surface area contributed by atoms with Crippen molar-refractivity contribution in [1.29, 1.82) is 0 Å². The summed E-state index contributed by atoms with van der Waals surface area (Å²) >= 11 is 6.28. The predicted octanol–water partition coefficient (Wildman–Crippen LogP) is 1.56. The van der Waals surface area contributed by atoms with Gasteiger partial charge in [0.15, 0.2) is 4.77 Å². The van der Waals surface area contributed by atoms with Crippen molar-refractivity contribution in [3.63, 3.8) is 0 Å². The molecule has 0 aliphatic rings. The lowest BCUT2D eigenvalue weighted by atomic mass is 10.4. The standard InChI is InChI=1S/C7H5N3OS2/c11-5-3-4(9-7(12)10-5)6-8-1-2-13-6/h1-3H,(H2,9,10,11,12). The van der Waals surface area contributed by atoms with Crippen LogP contribution in [0.15, 0.2) is 22.4 Å². The summed E-state index contributed by atoms with van der Waals surface area (Å²) in [5.41, 5.74) is 0.442. The van der Waals surface area contributed by atoms with E-state index in [1.54, 1.807) is 6.20 Å². The zero-order valence-electron chi connectivity index (χ0n) is 6.40. The molecule has 0 bridgehead atoms. The van der Waals surface area contributed by atoms with E-state index in [9.17, 15) is 4.79 Å². The first kappa shape index (κ1) is 8.33. The van der Waals surface area contributed by atoms with Gasteiger partial charge in [-0.1, -0.05) is 0 Å². The Morgan fingerprint density at radius 2 is 2.31 bits per heavy atom. The molecule has 13 heavy (non-hydrogen) atoms. The molecule has 0 aliphatic heterocycles. The van der Waals surface area contributed by atoms with Crippen LogP contribution in [0.5, 0.6) is 0 Å². The third-order valence-corrected chi connectivity index (χ3v) is 2.43. The molecule has 2 rings (SSSR count). The van der Waals surface area contributed by atoms with Crippen LogP contribution in [0, 0.1) is 4.77 Å². The summed E-state index contributed by atoms with van der Waals surface area (Å²) in [7, 11) is 0. The van der Waals surface area contributed by atoms with Crippen molar-refractivity contribution in [2.24, 2.45) is 0 Å². The third-order valence-electron chi connectivity index (χ3n) is 1.42. The quantitative estimate of drug-likeness (QED) is 0.704. The van der Waals surface area contributed by atoms with Crippen molar-refractivity contribution in [3.05, 3.63) is 32.8 Å². The molecule has 0 radical (unpaired) electrons. The predicted molar refractivity (Wildman–Crippen MR) is 53.4 cm³/mol. The molecular formula is C7H5N3OS2. The average molecular weight is 211 g/mol. The summed E-state index contributed by atoms with van der Waals surface area (Å²) in [6, 6.07) is 1.44. The van der Waals surface area contributed by atoms with Crippen molar-refractivity contribution < 1.29 is 0 Å². The molecule has 4 nitrogen and oxygen atoms in total. The lowest BCUT2D eigenvalue weighted by molar-refractivity contribution is 1.09. The van der Waals surface area contributed by atoms with Crippen LogP contribution in [0.25, 0.3) is 10.7 Å². The van der Waals surface area contributed by atoms with Gasteiger partial charge in [0.05, 0.1) is 5.69 Å². The fourth-order valence-corrected chi connectivity index (χ4v) is 1.76. The summed E-state index contributed by atoms with van der Waals surface area (Å²) in [5.74, 6) is 0. The Labute approximate surface area is 82.3 Å². The maximum Gasteiger partial charge on any atom is 0.252 e. The summed E-state index contributed by atoms with van der Waals surface area (Å²) < 4.78 is 0.317. The molecule has 2 aromatic heterocycles. The molecule has 0 fully saturated rings. The van der Waals surface area contributed by atoms with Crippen molar-refractivity contribution in [3.8, 4) is 10.7 Å². The molecule has 0 saturated carbocycles. The highest BCUT2D eigenvalue weighted by molar-refractivity contribution is 7.71. The third kappa shape index (κ3) is 1.73. The first-order valence-electron chi connectivity index (χ1n) is 3.49. The van der Waals surface area contributed by atoms with Gasteiger partial charge < -0.3 is 4.98 Å². The van der Waals surface area contributed by atoms with E-state index in [-0.39, 0.29) is 5.56 Å². The first-order chi connectivity index (χ1) is 6.25. The minimum Gasteiger partial charge on any atom is -0.330 e. The SMILES string of the molecule is O=c1cc(-c2nccs2)[nH]c(=S)[nH]1. The van der Waals surface area contributed by atoms with E-state index in [1.807, 2.05) is 5.38 Å². The minimum absolute atomic E-state index is 0.214. The maximum atomic E-state index is 11.0. The van der Waals surface area contributed by atoms with Gasteiger partial charge in [0.25, 0.3) is 5.56 Å². The highest BCUT2D eigenvalue weighted by atomic mass is 32.1. The van der Waals surface area contributed by atoms with E-state index in [0.29, 0.717) is 10.5 Å². The van der Waals surface area contributed by atoms with Crippen LogP contribution in [0.1, 0.15) is 0 Å². The molecule has 2 heterocycles. The van der Waals surface area contributed by atoms with E-state index in [0.717, 1.165) is 5.01 Å². The summed E-state index contributed by atoms with van der Waals surface area (Å²) in [6.07, 6.45) is 1.68. The van der Waals surface area contributed by atoms with Gasteiger partial charge in [-0.05, 0) is 12.2 Å². The van der Waals surface area contributed by atoms with Gasteiger partial charge in [0.2, 0.25) is 0 Å². The topological polar surface area (TPSA) is 61.5 Å². The summed E-state index contributed by atoms with van der Waals surface area (Å²) in [4.78, 5) is 20.4. The number of rotatable bonds is 1. The van der Waals surface area contributed by atoms with Crippen LogP contribution >= 0.6 is 23.6 Å². The van der Waals surface area contributed by atoms with Gasteiger partial charge >= 0.3 is 0 Å². The van der Waals surface area contributed by atoms with Gasteiger partial charge in [-0.3, -0.25) is 9.78 Å². The Hall–Kier alpha value is -1.27. The average Bonchev–Trinajstić information content (AvgIpc) is 2.53. The Balaban J connectivity index is 2.66. The minimum atomic E-state index is -0.214. The summed E-state index contributed by atoms with van der Waals surface area (Å²) in [6.45, 7) is 0. The number of thiazole rings is 1. The van der Waals surface area contributed by atoms with E-state index >= 15 is 0 Å². The zero-order valence-corrected chi connectivity index (χ0v) is 8.04. The van der Waals surface area contributed by atoms with Gasteiger partial charge in [-0.2, -0.15) is 0 Å². The Morgan fingerprint density at radius 1 is 1.46 bits per heavy atom. The second-order valence-corrected chi connectivity index (χ2v) is 3.64. The maximum absolute atomic E-state index is 11.0. The second-order valence-electron chi connectivity index (χ2n) is 2.34. The number of H-pyrrole nitrogens is 2. The van der Waals surface area contributed by atoms with Crippen LogP contribution in [0.4, 0.5) is 0 Å². The fraction of sp³-hybridized carbons (Fsp3) is 0. The smallest absolute Gasteiger partial charge is 0.252 e. The number of aromatic amines is 2. The lowest BCUT2D eigenvalue weighted by Crippen LogP contribution is -2.06. The van der Waals surface area contributed by atoms with E-state index in [2.05, 4.69) is 15.0 Å². The molecule has 0 aromatic carbocycles. The van der Waals surface area contributed by atoms with Crippen LogP contribution in [0.2, 0.25) is 0 Å². The van der Waals surface area contributed by atoms with Crippen molar-refractivity contribution in [2.45, 2.75) is 0 Å². The molecule has 0 amide bonds. The van der Waals surface area contributed by atoms with Crippen molar-refractivity contribution in [2.75, 3.05) is 0 Å². The number of nitrogens with zero attached hydrogens (tertiary/aromatic N) is 1. The zero-order chi connectivity index (χ0) is 9.26. The van der Waals surface area contributed by atoms with Gasteiger partial charge in [-0.25, -0.2) is 4.98 Å². The van der Waals surface area contributed by atoms with Crippen LogP contribution < -0.4 is 5.56 Å². The largest absolute Gasteiger partial charge is 0.330 e. The highest BCUT2D eigenvalue weighted by Gasteiger charge is 2.00. The molecule has 2 N–H and O–H groups in total. The monoisotopic (exact) mass is 211 g/mol. The van der Waals surface area contributed by atoms with Gasteiger partial charge in [0.1, 0.15) is 5.01 Å². The Bertz CT molecular complexity index is 483. The van der Waals surface area contributed by atoms with Crippen molar-refractivity contribution >= 4 is 23.6 Å². The fourth-order valence-electron chi connectivity index (χ4n) is 0.940. The van der Waals surface area contributed by atoms with Crippen LogP contribution in [-0.4, -0.2) is 15.0 Å². The number of hydrogen-bond donors (Lipinski definition) is 2. The molecule has 0 saturated heterocycles. The van der Waals surface area contributed by atoms with Crippen LogP contribution in [0.3, 0.4) is 0 Å². The normalized spacial score (nSPS) is 10.2. The van der Waals surface area contributed by atoms with Gasteiger partial charge in [0, 0.05) is 17.6 Å². The molecule has 2 aromatic rings. The van der Waals surface area contributed by atoms with E-state index < -0.39 is 0 Å². The van der Waals surface area contributed by atoms with Crippen molar-refractivity contribution in [1.82, 2.24) is 15.0 Å². The molecule has 6 heteroatoms. The number of hydrogen-bond acceptors (Lipinski definition) is 4. The lowest BCUT2D eigenvalue weighted by Gasteiger charge is -1.93. The van der Waals surface area contributed by atoms with Crippen LogP contribution in [-0.2, 0) is 0 Å². The summed E-state index contributed by atoms with van der Waals surface area (Å²) in [5, 5.41) is 2.60. The first-order valence-corrected chi connectivity index (χ1v) is 4.78. The number of nitrogens with one attached hydrogen (secondary N) is 2.